The van der Waals surface area contributed by atoms with Crippen LogP contribution in [0.1, 0.15) is 40.2 Å². The number of rotatable bonds is 4. The molecule has 1 unspecified atom stereocenters. The summed E-state index contributed by atoms with van der Waals surface area (Å²) in [7, 11) is 1.79. The van der Waals surface area contributed by atoms with Crippen molar-refractivity contribution >= 4 is 6.09 Å². The zero-order chi connectivity index (χ0) is 18.7. The van der Waals surface area contributed by atoms with Gasteiger partial charge in [0, 0.05) is 26.7 Å². The molecule has 1 aromatic rings. The lowest BCUT2D eigenvalue weighted by atomic mass is 9.94. The standard InChI is InChI=1S/C20H32N2O3/c1-19(2,3)25-18(23)21(6)20(4,5)17-15-22(12-13-24-17)14-16-10-8-7-9-11-16/h7-11,17H,12-15H2,1-6H3. The second-order valence-electron chi connectivity index (χ2n) is 8.27. The molecule has 1 aromatic carbocycles. The van der Waals surface area contributed by atoms with Gasteiger partial charge in [0.15, 0.2) is 0 Å². The molecular weight excluding hydrogens is 316 g/mol. The van der Waals surface area contributed by atoms with Gasteiger partial charge in [-0.3, -0.25) is 4.90 Å². The number of amides is 1. The van der Waals surface area contributed by atoms with Crippen LogP contribution >= 0.6 is 0 Å². The molecule has 5 heteroatoms. The molecule has 0 radical (unpaired) electrons. The third kappa shape index (κ3) is 5.44. The molecule has 1 fully saturated rings. The highest BCUT2D eigenvalue weighted by Gasteiger charge is 2.41. The molecule has 25 heavy (non-hydrogen) atoms. The van der Waals surface area contributed by atoms with Crippen molar-refractivity contribution < 1.29 is 14.3 Å². The number of benzene rings is 1. The van der Waals surface area contributed by atoms with Gasteiger partial charge in [0.2, 0.25) is 0 Å². The highest BCUT2D eigenvalue weighted by molar-refractivity contribution is 5.68. The Kier molecular flexibility index (Phi) is 6.12. The molecule has 5 nitrogen and oxygen atoms in total. The van der Waals surface area contributed by atoms with E-state index in [2.05, 4.69) is 29.2 Å². The van der Waals surface area contributed by atoms with Crippen molar-refractivity contribution in [1.29, 1.82) is 0 Å². The van der Waals surface area contributed by atoms with Crippen molar-refractivity contribution in [3.8, 4) is 0 Å². The maximum absolute atomic E-state index is 12.5. The monoisotopic (exact) mass is 348 g/mol. The van der Waals surface area contributed by atoms with Crippen LogP contribution in [0.5, 0.6) is 0 Å². The second kappa shape index (κ2) is 7.75. The summed E-state index contributed by atoms with van der Waals surface area (Å²) in [5, 5.41) is 0. The average molecular weight is 348 g/mol. The fraction of sp³-hybridized carbons (Fsp3) is 0.650. The molecule has 140 valence electrons. The maximum Gasteiger partial charge on any atom is 0.410 e. The number of hydrogen-bond acceptors (Lipinski definition) is 4. The number of hydrogen-bond donors (Lipinski definition) is 0. The van der Waals surface area contributed by atoms with E-state index in [-0.39, 0.29) is 12.2 Å². The number of ether oxygens (including phenoxy) is 2. The van der Waals surface area contributed by atoms with E-state index in [9.17, 15) is 4.79 Å². The fourth-order valence-corrected chi connectivity index (χ4v) is 2.90. The fourth-order valence-electron chi connectivity index (χ4n) is 2.90. The molecule has 0 spiro atoms. The number of carbonyl (C=O) groups is 1. The van der Waals surface area contributed by atoms with Crippen LogP contribution in [0.4, 0.5) is 4.79 Å². The minimum absolute atomic E-state index is 0.0671. The van der Waals surface area contributed by atoms with Crippen LogP contribution < -0.4 is 0 Å². The van der Waals surface area contributed by atoms with Crippen LogP contribution in [0.25, 0.3) is 0 Å². The van der Waals surface area contributed by atoms with E-state index in [1.165, 1.54) is 5.56 Å². The van der Waals surface area contributed by atoms with Crippen molar-refractivity contribution in [1.82, 2.24) is 9.80 Å². The Balaban J connectivity index is 2.01. The third-order valence-corrected chi connectivity index (χ3v) is 4.72. The Morgan fingerprint density at radius 2 is 1.88 bits per heavy atom. The van der Waals surface area contributed by atoms with Gasteiger partial charge < -0.3 is 14.4 Å². The summed E-state index contributed by atoms with van der Waals surface area (Å²) in [6.07, 6.45) is -0.385. The normalized spacial score (nSPS) is 19.5. The van der Waals surface area contributed by atoms with Gasteiger partial charge >= 0.3 is 6.09 Å². The molecule has 1 amide bonds. The summed E-state index contributed by atoms with van der Waals surface area (Å²) in [5.41, 5.74) is 0.327. The predicted molar refractivity (Wildman–Crippen MR) is 99.5 cm³/mol. The van der Waals surface area contributed by atoms with E-state index in [1.807, 2.05) is 40.7 Å². The van der Waals surface area contributed by atoms with Crippen LogP contribution in [0, 0.1) is 0 Å². The molecule has 0 N–H and O–H groups in total. The van der Waals surface area contributed by atoms with E-state index >= 15 is 0 Å². The summed E-state index contributed by atoms with van der Waals surface area (Å²) in [5.74, 6) is 0. The van der Waals surface area contributed by atoms with Gasteiger partial charge in [-0.15, -0.1) is 0 Å². The Morgan fingerprint density at radius 3 is 2.48 bits per heavy atom. The summed E-state index contributed by atoms with van der Waals surface area (Å²) < 4.78 is 11.5. The average Bonchev–Trinajstić information content (AvgIpc) is 2.53. The van der Waals surface area contributed by atoms with Crippen molar-refractivity contribution in [2.24, 2.45) is 0 Å². The number of carbonyl (C=O) groups excluding carboxylic acids is 1. The van der Waals surface area contributed by atoms with E-state index < -0.39 is 11.1 Å². The van der Waals surface area contributed by atoms with Crippen LogP contribution in [0.15, 0.2) is 30.3 Å². The summed E-state index contributed by atoms with van der Waals surface area (Å²) in [6, 6.07) is 10.4. The third-order valence-electron chi connectivity index (χ3n) is 4.72. The number of nitrogens with zero attached hydrogens (tertiary/aromatic N) is 2. The minimum Gasteiger partial charge on any atom is -0.444 e. The Hall–Kier alpha value is -1.59. The van der Waals surface area contributed by atoms with E-state index in [0.717, 1.165) is 19.6 Å². The van der Waals surface area contributed by atoms with E-state index in [0.29, 0.717) is 6.61 Å². The Bertz CT molecular complexity index is 566. The summed E-state index contributed by atoms with van der Waals surface area (Å²) in [6.45, 7) is 13.0. The van der Waals surface area contributed by atoms with Gasteiger partial charge in [-0.05, 0) is 40.2 Å². The largest absolute Gasteiger partial charge is 0.444 e. The van der Waals surface area contributed by atoms with Gasteiger partial charge in [-0.1, -0.05) is 30.3 Å². The molecule has 1 aliphatic heterocycles. The van der Waals surface area contributed by atoms with Crippen LogP contribution in [-0.4, -0.2) is 59.9 Å². The van der Waals surface area contributed by atoms with Crippen LogP contribution in [-0.2, 0) is 16.0 Å². The van der Waals surface area contributed by atoms with Gasteiger partial charge in [0.05, 0.1) is 18.2 Å². The van der Waals surface area contributed by atoms with Gasteiger partial charge in [0.25, 0.3) is 0 Å². The lowest BCUT2D eigenvalue weighted by Crippen LogP contribution is -2.60. The first-order valence-corrected chi connectivity index (χ1v) is 8.94. The minimum atomic E-state index is -0.506. The first-order chi connectivity index (χ1) is 11.6. The zero-order valence-corrected chi connectivity index (χ0v) is 16.4. The predicted octanol–water partition coefficient (Wildman–Crippen LogP) is 3.53. The van der Waals surface area contributed by atoms with Gasteiger partial charge in [-0.2, -0.15) is 0 Å². The molecular formula is C20H32N2O3. The molecule has 2 rings (SSSR count). The Labute approximate surface area is 151 Å². The lowest BCUT2D eigenvalue weighted by molar-refractivity contribution is -0.0998. The highest BCUT2D eigenvalue weighted by atomic mass is 16.6. The van der Waals surface area contributed by atoms with Crippen molar-refractivity contribution in [2.75, 3.05) is 26.7 Å². The van der Waals surface area contributed by atoms with Crippen molar-refractivity contribution in [3.63, 3.8) is 0 Å². The molecule has 1 aliphatic rings. The van der Waals surface area contributed by atoms with Crippen molar-refractivity contribution in [3.05, 3.63) is 35.9 Å². The van der Waals surface area contributed by atoms with Crippen molar-refractivity contribution in [2.45, 2.75) is 58.4 Å². The molecule has 0 aliphatic carbocycles. The Morgan fingerprint density at radius 1 is 1.24 bits per heavy atom. The molecule has 1 heterocycles. The van der Waals surface area contributed by atoms with Crippen LogP contribution in [0.3, 0.4) is 0 Å². The topological polar surface area (TPSA) is 42.0 Å². The first kappa shape index (κ1) is 19.7. The molecule has 1 saturated heterocycles. The SMILES string of the molecule is CN(C(=O)OC(C)(C)C)C(C)(C)C1CN(Cc2ccccc2)CCO1. The van der Waals surface area contributed by atoms with Crippen LogP contribution in [0.2, 0.25) is 0 Å². The summed E-state index contributed by atoms with van der Waals surface area (Å²) in [4.78, 5) is 16.5. The molecule has 0 bridgehead atoms. The van der Waals surface area contributed by atoms with Gasteiger partial charge in [-0.25, -0.2) is 4.79 Å². The first-order valence-electron chi connectivity index (χ1n) is 8.94. The van der Waals surface area contributed by atoms with Gasteiger partial charge in [0.1, 0.15) is 5.60 Å². The second-order valence-corrected chi connectivity index (χ2v) is 8.27. The summed E-state index contributed by atoms with van der Waals surface area (Å²) >= 11 is 0. The zero-order valence-electron chi connectivity index (χ0n) is 16.4. The van der Waals surface area contributed by atoms with E-state index in [1.54, 1.807) is 11.9 Å². The number of morpholine rings is 1. The number of likely N-dealkylation sites (N-methyl/N-ethyl adjacent to an activating group) is 1. The highest BCUT2D eigenvalue weighted by Crippen LogP contribution is 2.26. The molecule has 1 atom stereocenters. The molecule has 0 aromatic heterocycles. The smallest absolute Gasteiger partial charge is 0.410 e. The molecule has 0 saturated carbocycles. The van der Waals surface area contributed by atoms with E-state index in [4.69, 9.17) is 9.47 Å². The maximum atomic E-state index is 12.5. The lowest BCUT2D eigenvalue weighted by Gasteiger charge is -2.45. The quantitative estimate of drug-likeness (QED) is 0.835.